The lowest BCUT2D eigenvalue weighted by atomic mass is 9.93. The van der Waals surface area contributed by atoms with E-state index >= 15 is 0 Å². The van der Waals surface area contributed by atoms with Crippen molar-refractivity contribution >= 4 is 0 Å². The second-order valence-electron chi connectivity index (χ2n) is 3.98. The van der Waals surface area contributed by atoms with Crippen molar-refractivity contribution < 1.29 is 5.11 Å². The molecule has 1 aliphatic heterocycles. The minimum absolute atomic E-state index is 0.261. The van der Waals surface area contributed by atoms with Crippen LogP contribution in [0.15, 0.2) is 30.3 Å². The molecule has 2 rings (SSSR count). The van der Waals surface area contributed by atoms with Crippen LogP contribution < -0.4 is 5.32 Å². The van der Waals surface area contributed by atoms with Crippen LogP contribution in [0.3, 0.4) is 0 Å². The normalized spacial score (nSPS) is 26.6. The van der Waals surface area contributed by atoms with Crippen molar-refractivity contribution in [3.05, 3.63) is 35.9 Å². The molecular formula is C12H17NO. The average molecular weight is 191 g/mol. The molecular weight excluding hydrogens is 174 g/mol. The molecule has 0 bridgehead atoms. The van der Waals surface area contributed by atoms with Gasteiger partial charge in [-0.1, -0.05) is 30.3 Å². The SMILES string of the molecule is OC[C@H]1NCC[C@@H]1Cc1ccccc1. The van der Waals surface area contributed by atoms with E-state index in [4.69, 9.17) is 5.11 Å². The number of hydrogen-bond donors (Lipinski definition) is 2. The summed E-state index contributed by atoms with van der Waals surface area (Å²) in [5, 5.41) is 12.5. The fourth-order valence-corrected chi connectivity index (χ4v) is 2.20. The average Bonchev–Trinajstić information content (AvgIpc) is 2.67. The second kappa shape index (κ2) is 4.58. The third kappa shape index (κ3) is 2.14. The van der Waals surface area contributed by atoms with Crippen LogP contribution in [0.2, 0.25) is 0 Å². The summed E-state index contributed by atoms with van der Waals surface area (Å²) < 4.78 is 0. The van der Waals surface area contributed by atoms with E-state index in [1.807, 2.05) is 6.07 Å². The summed E-state index contributed by atoms with van der Waals surface area (Å²) in [7, 11) is 0. The van der Waals surface area contributed by atoms with E-state index < -0.39 is 0 Å². The van der Waals surface area contributed by atoms with Gasteiger partial charge in [0.25, 0.3) is 0 Å². The van der Waals surface area contributed by atoms with Crippen LogP contribution in [-0.2, 0) is 6.42 Å². The van der Waals surface area contributed by atoms with Crippen molar-refractivity contribution in [3.63, 3.8) is 0 Å². The zero-order valence-corrected chi connectivity index (χ0v) is 8.32. The Labute approximate surface area is 85.0 Å². The smallest absolute Gasteiger partial charge is 0.0587 e. The molecule has 0 amide bonds. The van der Waals surface area contributed by atoms with Crippen molar-refractivity contribution in [1.82, 2.24) is 5.32 Å². The largest absolute Gasteiger partial charge is 0.395 e. The Bertz CT molecular complexity index is 273. The van der Waals surface area contributed by atoms with E-state index in [2.05, 4.69) is 29.6 Å². The number of nitrogens with one attached hydrogen (secondary N) is 1. The van der Waals surface area contributed by atoms with Crippen LogP contribution in [0.1, 0.15) is 12.0 Å². The van der Waals surface area contributed by atoms with Crippen LogP contribution in [0, 0.1) is 5.92 Å². The summed E-state index contributed by atoms with van der Waals surface area (Å²) in [6.45, 7) is 1.31. The topological polar surface area (TPSA) is 32.3 Å². The maximum Gasteiger partial charge on any atom is 0.0587 e. The Balaban J connectivity index is 1.97. The number of hydrogen-bond acceptors (Lipinski definition) is 2. The van der Waals surface area contributed by atoms with Crippen molar-refractivity contribution in [1.29, 1.82) is 0 Å². The summed E-state index contributed by atoms with van der Waals surface area (Å²) in [5.74, 6) is 0.599. The Morgan fingerprint density at radius 1 is 1.29 bits per heavy atom. The van der Waals surface area contributed by atoms with E-state index in [1.54, 1.807) is 0 Å². The van der Waals surface area contributed by atoms with E-state index in [0.29, 0.717) is 12.0 Å². The zero-order chi connectivity index (χ0) is 9.80. The Hall–Kier alpha value is -0.860. The highest BCUT2D eigenvalue weighted by atomic mass is 16.3. The number of benzene rings is 1. The molecule has 2 N–H and O–H groups in total. The molecule has 0 spiro atoms. The predicted molar refractivity (Wildman–Crippen MR) is 57.1 cm³/mol. The summed E-state index contributed by atoms with van der Waals surface area (Å²) in [4.78, 5) is 0. The molecule has 76 valence electrons. The molecule has 0 aliphatic carbocycles. The molecule has 1 fully saturated rings. The third-order valence-electron chi connectivity index (χ3n) is 3.03. The van der Waals surface area contributed by atoms with Gasteiger partial charge in [-0.05, 0) is 30.9 Å². The highest BCUT2D eigenvalue weighted by Crippen LogP contribution is 2.20. The lowest BCUT2D eigenvalue weighted by molar-refractivity contribution is 0.226. The molecule has 2 atom stereocenters. The van der Waals surface area contributed by atoms with Gasteiger partial charge in [-0.3, -0.25) is 0 Å². The number of aliphatic hydroxyl groups is 1. The van der Waals surface area contributed by atoms with Crippen molar-refractivity contribution in [2.45, 2.75) is 18.9 Å². The highest BCUT2D eigenvalue weighted by Gasteiger charge is 2.25. The summed E-state index contributed by atoms with van der Waals surface area (Å²) in [6, 6.07) is 10.8. The molecule has 0 unspecified atom stereocenters. The molecule has 1 saturated heterocycles. The molecule has 2 nitrogen and oxygen atoms in total. The van der Waals surface area contributed by atoms with Gasteiger partial charge in [0, 0.05) is 6.04 Å². The molecule has 0 saturated carbocycles. The van der Waals surface area contributed by atoms with Crippen LogP contribution in [0.4, 0.5) is 0 Å². The van der Waals surface area contributed by atoms with Crippen molar-refractivity contribution in [2.75, 3.05) is 13.2 Å². The summed E-state index contributed by atoms with van der Waals surface area (Å²) in [6.07, 6.45) is 2.26. The van der Waals surface area contributed by atoms with Crippen LogP contribution in [0.25, 0.3) is 0 Å². The molecule has 2 heteroatoms. The molecule has 0 radical (unpaired) electrons. The van der Waals surface area contributed by atoms with Crippen LogP contribution in [-0.4, -0.2) is 24.3 Å². The first kappa shape index (κ1) is 9.69. The predicted octanol–water partition coefficient (Wildman–Crippen LogP) is 1.20. The first-order valence-corrected chi connectivity index (χ1v) is 5.28. The second-order valence-corrected chi connectivity index (χ2v) is 3.98. The van der Waals surface area contributed by atoms with Crippen molar-refractivity contribution in [3.8, 4) is 0 Å². The minimum Gasteiger partial charge on any atom is -0.395 e. The Morgan fingerprint density at radius 3 is 2.79 bits per heavy atom. The van der Waals surface area contributed by atoms with Crippen LogP contribution in [0.5, 0.6) is 0 Å². The third-order valence-corrected chi connectivity index (χ3v) is 3.03. The molecule has 1 aliphatic rings. The lowest BCUT2D eigenvalue weighted by Gasteiger charge is -2.16. The van der Waals surface area contributed by atoms with Crippen molar-refractivity contribution in [2.24, 2.45) is 5.92 Å². The molecule has 1 heterocycles. The fourth-order valence-electron chi connectivity index (χ4n) is 2.20. The Kier molecular flexibility index (Phi) is 3.17. The lowest BCUT2D eigenvalue weighted by Crippen LogP contribution is -2.31. The summed E-state index contributed by atoms with van der Waals surface area (Å²) in [5.41, 5.74) is 1.37. The van der Waals surface area contributed by atoms with Gasteiger partial charge < -0.3 is 10.4 Å². The molecule has 14 heavy (non-hydrogen) atoms. The summed E-state index contributed by atoms with van der Waals surface area (Å²) >= 11 is 0. The van der Waals surface area contributed by atoms with Gasteiger partial charge in [0.15, 0.2) is 0 Å². The molecule has 1 aromatic carbocycles. The van der Waals surface area contributed by atoms with Gasteiger partial charge in [-0.15, -0.1) is 0 Å². The molecule has 0 aromatic heterocycles. The van der Waals surface area contributed by atoms with Crippen LogP contribution >= 0.6 is 0 Å². The first-order valence-electron chi connectivity index (χ1n) is 5.28. The fraction of sp³-hybridized carbons (Fsp3) is 0.500. The van der Waals surface area contributed by atoms with Gasteiger partial charge in [0.1, 0.15) is 0 Å². The first-order chi connectivity index (χ1) is 6.90. The van der Waals surface area contributed by atoms with E-state index in [1.165, 1.54) is 12.0 Å². The highest BCUT2D eigenvalue weighted by molar-refractivity contribution is 5.16. The van der Waals surface area contributed by atoms with Gasteiger partial charge >= 0.3 is 0 Å². The van der Waals surface area contributed by atoms with E-state index in [0.717, 1.165) is 13.0 Å². The van der Waals surface area contributed by atoms with E-state index in [9.17, 15) is 0 Å². The standard InChI is InChI=1S/C12H17NO/c14-9-12-11(6-7-13-12)8-10-4-2-1-3-5-10/h1-5,11-14H,6-9H2/t11-,12-/m1/s1. The monoisotopic (exact) mass is 191 g/mol. The number of rotatable bonds is 3. The maximum atomic E-state index is 9.15. The minimum atomic E-state index is 0.261. The van der Waals surface area contributed by atoms with Gasteiger partial charge in [-0.25, -0.2) is 0 Å². The van der Waals surface area contributed by atoms with Gasteiger partial charge in [0.2, 0.25) is 0 Å². The number of aliphatic hydroxyl groups excluding tert-OH is 1. The zero-order valence-electron chi connectivity index (χ0n) is 8.32. The van der Waals surface area contributed by atoms with Gasteiger partial charge in [0.05, 0.1) is 6.61 Å². The Morgan fingerprint density at radius 2 is 2.07 bits per heavy atom. The quantitative estimate of drug-likeness (QED) is 0.752. The molecule has 1 aromatic rings. The van der Waals surface area contributed by atoms with Gasteiger partial charge in [-0.2, -0.15) is 0 Å². The maximum absolute atomic E-state index is 9.15. The van der Waals surface area contributed by atoms with E-state index in [-0.39, 0.29) is 6.61 Å².